The Morgan fingerprint density at radius 2 is 2.17 bits per heavy atom. The highest BCUT2D eigenvalue weighted by atomic mass is 32.2. The third kappa shape index (κ3) is 2.47. The van der Waals surface area contributed by atoms with Crippen LogP contribution >= 0.6 is 23.1 Å². The zero-order valence-corrected chi connectivity index (χ0v) is 11.8. The molecular weight excluding hydrogens is 270 g/mol. The third-order valence-electron chi connectivity index (χ3n) is 3.14. The molecule has 0 amide bonds. The largest absolute Gasteiger partial charge is 0.462 e. The second-order valence-corrected chi connectivity index (χ2v) is 7.04. The van der Waals surface area contributed by atoms with Crippen LogP contribution in [0.15, 0.2) is 4.34 Å². The number of hydrogen-bond acceptors (Lipinski definition) is 7. The molecule has 3 rings (SSSR count). The summed E-state index contributed by atoms with van der Waals surface area (Å²) in [6.45, 7) is 4.07. The van der Waals surface area contributed by atoms with Crippen LogP contribution in [0, 0.1) is 0 Å². The first-order valence-electron chi connectivity index (χ1n) is 6.18. The number of ether oxygens (including phenoxy) is 1. The minimum atomic E-state index is -0.120. The van der Waals surface area contributed by atoms with Crippen LogP contribution in [-0.4, -0.2) is 40.6 Å². The van der Waals surface area contributed by atoms with Gasteiger partial charge in [0.25, 0.3) is 0 Å². The van der Waals surface area contributed by atoms with Gasteiger partial charge in [0.1, 0.15) is 11.4 Å². The van der Waals surface area contributed by atoms with Crippen molar-refractivity contribution in [2.45, 2.75) is 41.9 Å². The summed E-state index contributed by atoms with van der Waals surface area (Å²) in [5.74, 6) is -0.120. The minimum absolute atomic E-state index is 0.0287. The molecule has 2 fully saturated rings. The van der Waals surface area contributed by atoms with Crippen molar-refractivity contribution in [3.8, 4) is 0 Å². The minimum Gasteiger partial charge on any atom is -0.462 e. The number of thioether (sulfide) groups is 1. The number of cyclic esters (lactones) is 1. The van der Waals surface area contributed by atoms with Crippen molar-refractivity contribution >= 4 is 34.2 Å². The second-order valence-electron chi connectivity index (χ2n) is 4.63. The van der Waals surface area contributed by atoms with Gasteiger partial charge in [-0.05, 0) is 19.8 Å². The molecule has 1 aromatic heterocycles. The van der Waals surface area contributed by atoms with E-state index in [1.54, 1.807) is 11.3 Å². The summed E-state index contributed by atoms with van der Waals surface area (Å²) in [6, 6.07) is 0. The van der Waals surface area contributed by atoms with E-state index in [1.807, 2.05) is 6.92 Å². The van der Waals surface area contributed by atoms with Crippen LogP contribution in [0.2, 0.25) is 0 Å². The maximum atomic E-state index is 11.6. The van der Waals surface area contributed by atoms with Crippen LogP contribution in [0.4, 0.5) is 5.13 Å². The summed E-state index contributed by atoms with van der Waals surface area (Å²) in [6.07, 6.45) is 3.26. The molecule has 2 aliphatic heterocycles. The molecule has 98 valence electrons. The van der Waals surface area contributed by atoms with Gasteiger partial charge in [-0.2, -0.15) is 0 Å². The monoisotopic (exact) mass is 285 g/mol. The maximum absolute atomic E-state index is 11.6. The first-order chi connectivity index (χ1) is 8.72. The predicted octanol–water partition coefficient (Wildman–Crippen LogP) is 1.93. The Morgan fingerprint density at radius 3 is 2.83 bits per heavy atom. The van der Waals surface area contributed by atoms with Crippen LogP contribution in [0.5, 0.6) is 0 Å². The summed E-state index contributed by atoms with van der Waals surface area (Å²) in [5.41, 5.74) is 0. The van der Waals surface area contributed by atoms with Gasteiger partial charge in [-0.25, -0.2) is 0 Å². The zero-order chi connectivity index (χ0) is 12.5. The molecule has 0 bridgehead atoms. The topological polar surface area (TPSA) is 55.3 Å². The standard InChI is InChI=1S/C11H15N3O2S2/c1-7-6-8(9(15)16-7)17-11-13-12-10(18-11)14-4-2-3-5-14/h7-8H,2-6H2,1H3/t7-,8-/m1/s1. The quantitative estimate of drug-likeness (QED) is 0.791. The van der Waals surface area contributed by atoms with E-state index in [-0.39, 0.29) is 17.3 Å². The van der Waals surface area contributed by atoms with Crippen molar-refractivity contribution in [3.63, 3.8) is 0 Å². The summed E-state index contributed by atoms with van der Waals surface area (Å²) >= 11 is 3.07. The van der Waals surface area contributed by atoms with Crippen molar-refractivity contribution < 1.29 is 9.53 Å². The van der Waals surface area contributed by atoms with E-state index in [4.69, 9.17) is 4.74 Å². The van der Waals surface area contributed by atoms with Gasteiger partial charge in [0, 0.05) is 19.5 Å². The molecule has 2 aliphatic rings. The van der Waals surface area contributed by atoms with E-state index in [9.17, 15) is 4.79 Å². The molecule has 5 nitrogen and oxygen atoms in total. The maximum Gasteiger partial charge on any atom is 0.319 e. The van der Waals surface area contributed by atoms with E-state index in [2.05, 4.69) is 15.1 Å². The summed E-state index contributed by atoms with van der Waals surface area (Å²) in [7, 11) is 0. The molecule has 0 saturated carbocycles. The molecule has 0 aliphatic carbocycles. The van der Waals surface area contributed by atoms with E-state index in [0.717, 1.165) is 29.0 Å². The van der Waals surface area contributed by atoms with Crippen molar-refractivity contribution in [1.82, 2.24) is 10.2 Å². The Labute approximate surface area is 114 Å². The lowest BCUT2D eigenvalue weighted by Crippen LogP contribution is -2.17. The Balaban J connectivity index is 1.64. The molecule has 3 heterocycles. The molecule has 0 unspecified atom stereocenters. The number of anilines is 1. The molecule has 0 aromatic carbocycles. The van der Waals surface area contributed by atoms with Crippen LogP contribution < -0.4 is 4.90 Å². The van der Waals surface area contributed by atoms with Crippen LogP contribution in [0.25, 0.3) is 0 Å². The van der Waals surface area contributed by atoms with Gasteiger partial charge in [0.2, 0.25) is 5.13 Å². The fourth-order valence-corrected chi connectivity index (χ4v) is 4.47. The fraction of sp³-hybridized carbons (Fsp3) is 0.727. The van der Waals surface area contributed by atoms with Gasteiger partial charge in [0.15, 0.2) is 4.34 Å². The van der Waals surface area contributed by atoms with Gasteiger partial charge in [-0.15, -0.1) is 10.2 Å². The van der Waals surface area contributed by atoms with Crippen LogP contribution in [0.3, 0.4) is 0 Å². The summed E-state index contributed by atoms with van der Waals surface area (Å²) in [5, 5.41) is 9.24. The smallest absolute Gasteiger partial charge is 0.319 e. The third-order valence-corrected chi connectivity index (χ3v) is 5.41. The SMILES string of the molecule is C[C@@H]1C[C@@H](Sc2nnc(N3CCCC3)s2)C(=O)O1. The lowest BCUT2D eigenvalue weighted by molar-refractivity contribution is -0.140. The van der Waals surface area contributed by atoms with Gasteiger partial charge in [-0.1, -0.05) is 23.1 Å². The van der Waals surface area contributed by atoms with E-state index in [0.29, 0.717) is 0 Å². The Hall–Kier alpha value is -0.820. The first kappa shape index (κ1) is 12.2. The van der Waals surface area contributed by atoms with Gasteiger partial charge in [0.05, 0.1) is 0 Å². The van der Waals surface area contributed by atoms with E-state index in [1.165, 1.54) is 24.6 Å². The second kappa shape index (κ2) is 5.05. The lowest BCUT2D eigenvalue weighted by Gasteiger charge is -2.10. The molecule has 0 N–H and O–H groups in total. The molecule has 1 aromatic rings. The number of carbonyl (C=O) groups is 1. The van der Waals surface area contributed by atoms with Crippen LogP contribution in [-0.2, 0) is 9.53 Å². The first-order valence-corrected chi connectivity index (χ1v) is 7.87. The highest BCUT2D eigenvalue weighted by Crippen LogP contribution is 2.36. The number of aromatic nitrogens is 2. The van der Waals surface area contributed by atoms with Crippen molar-refractivity contribution in [2.75, 3.05) is 18.0 Å². The molecular formula is C11H15N3O2S2. The van der Waals surface area contributed by atoms with Crippen molar-refractivity contribution in [3.05, 3.63) is 0 Å². The predicted molar refractivity (Wildman–Crippen MR) is 71.2 cm³/mol. The Bertz CT molecular complexity index is 445. The summed E-state index contributed by atoms with van der Waals surface area (Å²) < 4.78 is 6.01. The number of carbonyl (C=O) groups excluding carboxylic acids is 1. The number of hydrogen-bond donors (Lipinski definition) is 0. The number of esters is 1. The lowest BCUT2D eigenvalue weighted by atomic mass is 10.3. The Morgan fingerprint density at radius 1 is 1.39 bits per heavy atom. The normalized spacial score (nSPS) is 27.8. The van der Waals surface area contributed by atoms with Crippen molar-refractivity contribution in [1.29, 1.82) is 0 Å². The van der Waals surface area contributed by atoms with Gasteiger partial charge < -0.3 is 9.64 Å². The Kier molecular flexibility index (Phi) is 3.43. The molecule has 18 heavy (non-hydrogen) atoms. The number of nitrogens with zero attached hydrogens (tertiary/aromatic N) is 3. The number of rotatable bonds is 3. The van der Waals surface area contributed by atoms with Crippen molar-refractivity contribution in [2.24, 2.45) is 0 Å². The highest BCUT2D eigenvalue weighted by molar-refractivity contribution is 8.02. The molecule has 7 heteroatoms. The average molecular weight is 285 g/mol. The average Bonchev–Trinajstić information content (AvgIpc) is 3.02. The molecule has 0 spiro atoms. The van der Waals surface area contributed by atoms with Gasteiger partial charge in [-0.3, -0.25) is 4.79 Å². The molecule has 2 saturated heterocycles. The van der Waals surface area contributed by atoms with E-state index >= 15 is 0 Å². The zero-order valence-electron chi connectivity index (χ0n) is 10.2. The van der Waals surface area contributed by atoms with Gasteiger partial charge >= 0.3 is 5.97 Å². The fourth-order valence-electron chi connectivity index (χ4n) is 2.22. The van der Waals surface area contributed by atoms with Crippen LogP contribution in [0.1, 0.15) is 26.2 Å². The molecule has 0 radical (unpaired) electrons. The summed E-state index contributed by atoms with van der Waals surface area (Å²) in [4.78, 5) is 13.8. The molecule has 2 atom stereocenters. The van der Waals surface area contributed by atoms with E-state index < -0.39 is 0 Å². The highest BCUT2D eigenvalue weighted by Gasteiger charge is 2.33.